The molecule has 0 aliphatic heterocycles. The average molecular weight is 452 g/mol. The second kappa shape index (κ2) is 11.3. The summed E-state index contributed by atoms with van der Waals surface area (Å²) in [6, 6.07) is 20.5. The molecule has 0 saturated heterocycles. The molecule has 0 saturated carbocycles. The van der Waals surface area contributed by atoms with E-state index in [9.17, 15) is 0 Å². The second-order valence-electron chi connectivity index (χ2n) is 6.34. The fourth-order valence-electron chi connectivity index (χ4n) is 3.34. The second-order valence-corrected chi connectivity index (χ2v) is 6.34. The van der Waals surface area contributed by atoms with Gasteiger partial charge in [0.25, 0.3) is 0 Å². The van der Waals surface area contributed by atoms with Gasteiger partial charge in [0, 0.05) is 0 Å². The number of halogens is 2. The van der Waals surface area contributed by atoms with Crippen molar-refractivity contribution < 1.29 is 51.0 Å². The Morgan fingerprint density at radius 3 is 2.24 bits per heavy atom. The van der Waals surface area contributed by atoms with Crippen molar-refractivity contribution >= 4 is 10.8 Å². The van der Waals surface area contributed by atoms with Gasteiger partial charge in [0.05, 0.1) is 0 Å². The van der Waals surface area contributed by atoms with Gasteiger partial charge < -0.3 is 24.8 Å². The van der Waals surface area contributed by atoms with E-state index < -0.39 is 0 Å². The maximum atomic E-state index is 2.35. The SMILES string of the molecule is CCCC(C)c1ccc(-c2cccc3[cH-]c(CC)cc23)cc1.[Cl-].[Cl-].[Zr+3]. The van der Waals surface area contributed by atoms with Crippen LogP contribution in [0.25, 0.3) is 21.9 Å². The topological polar surface area (TPSA) is 0 Å². The van der Waals surface area contributed by atoms with E-state index in [1.54, 1.807) is 0 Å². The molecule has 0 aliphatic rings. The van der Waals surface area contributed by atoms with E-state index in [0.29, 0.717) is 5.92 Å². The minimum absolute atomic E-state index is 0. The van der Waals surface area contributed by atoms with E-state index in [4.69, 9.17) is 0 Å². The summed E-state index contributed by atoms with van der Waals surface area (Å²) in [7, 11) is 0. The summed E-state index contributed by atoms with van der Waals surface area (Å²) in [6.07, 6.45) is 3.61. The Kier molecular flexibility index (Phi) is 11.1. The van der Waals surface area contributed by atoms with Gasteiger partial charge in [-0.2, -0.15) is 6.07 Å². The van der Waals surface area contributed by atoms with Gasteiger partial charge in [-0.05, 0) is 29.9 Å². The largest absolute Gasteiger partial charge is 3.00 e. The summed E-state index contributed by atoms with van der Waals surface area (Å²) in [4.78, 5) is 0. The van der Waals surface area contributed by atoms with Gasteiger partial charge in [-0.1, -0.05) is 63.1 Å². The summed E-state index contributed by atoms with van der Waals surface area (Å²) >= 11 is 0. The molecule has 0 amide bonds. The maximum Gasteiger partial charge on any atom is 3.00 e. The van der Waals surface area contributed by atoms with Crippen LogP contribution in [0.4, 0.5) is 0 Å². The molecule has 0 bridgehead atoms. The molecule has 0 spiro atoms. The van der Waals surface area contributed by atoms with E-state index in [2.05, 4.69) is 75.4 Å². The van der Waals surface area contributed by atoms with Crippen molar-refractivity contribution in [3.05, 3.63) is 65.7 Å². The third kappa shape index (κ3) is 5.49. The van der Waals surface area contributed by atoms with E-state index in [-0.39, 0.29) is 51.0 Å². The fraction of sp³-hybridized carbons (Fsp3) is 0.318. The van der Waals surface area contributed by atoms with E-state index >= 15 is 0 Å². The van der Waals surface area contributed by atoms with Crippen LogP contribution in [0.2, 0.25) is 0 Å². The van der Waals surface area contributed by atoms with Crippen LogP contribution < -0.4 is 24.8 Å². The molecule has 0 N–H and O–H groups in total. The van der Waals surface area contributed by atoms with Crippen LogP contribution in [-0.2, 0) is 32.6 Å². The molecule has 25 heavy (non-hydrogen) atoms. The quantitative estimate of drug-likeness (QED) is 0.501. The molecular formula is C22H25Cl2Zr. The van der Waals surface area contributed by atoms with Gasteiger partial charge in [-0.3, -0.25) is 0 Å². The van der Waals surface area contributed by atoms with Crippen LogP contribution in [0.3, 0.4) is 0 Å². The normalized spacial score (nSPS) is 11.2. The zero-order valence-corrected chi connectivity index (χ0v) is 19.1. The first-order valence-corrected chi connectivity index (χ1v) is 8.51. The van der Waals surface area contributed by atoms with Gasteiger partial charge in [-0.25, -0.2) is 0 Å². The van der Waals surface area contributed by atoms with Crippen molar-refractivity contribution in [2.24, 2.45) is 0 Å². The fourth-order valence-corrected chi connectivity index (χ4v) is 3.34. The Hall–Kier alpha value is -0.487. The van der Waals surface area contributed by atoms with Crippen molar-refractivity contribution in [3.8, 4) is 11.1 Å². The molecule has 3 heteroatoms. The Balaban J connectivity index is 0.00000192. The molecule has 0 aromatic heterocycles. The number of rotatable bonds is 5. The van der Waals surface area contributed by atoms with E-state index in [1.807, 2.05) is 0 Å². The van der Waals surface area contributed by atoms with Crippen molar-refractivity contribution in [2.75, 3.05) is 0 Å². The summed E-state index contributed by atoms with van der Waals surface area (Å²) in [5, 5.41) is 2.74. The summed E-state index contributed by atoms with van der Waals surface area (Å²) in [5.74, 6) is 0.653. The van der Waals surface area contributed by atoms with Crippen LogP contribution in [0, 0.1) is 0 Å². The number of fused-ring (bicyclic) bond motifs is 1. The molecule has 3 rings (SSSR count). The average Bonchev–Trinajstić information content (AvgIpc) is 2.98. The number of hydrogen-bond donors (Lipinski definition) is 0. The molecular weight excluding hydrogens is 426 g/mol. The molecule has 1 radical (unpaired) electrons. The zero-order valence-electron chi connectivity index (χ0n) is 15.2. The van der Waals surface area contributed by atoms with Gasteiger partial charge in [-0.15, -0.1) is 34.5 Å². The van der Waals surface area contributed by atoms with Crippen molar-refractivity contribution in [1.82, 2.24) is 0 Å². The summed E-state index contributed by atoms with van der Waals surface area (Å²) in [6.45, 7) is 6.80. The van der Waals surface area contributed by atoms with Gasteiger partial charge in [0.2, 0.25) is 0 Å². The third-order valence-electron chi connectivity index (χ3n) is 4.73. The van der Waals surface area contributed by atoms with Crippen molar-refractivity contribution in [1.29, 1.82) is 0 Å². The molecule has 0 aliphatic carbocycles. The van der Waals surface area contributed by atoms with Crippen LogP contribution >= 0.6 is 0 Å². The van der Waals surface area contributed by atoms with Gasteiger partial charge >= 0.3 is 26.2 Å². The first-order valence-electron chi connectivity index (χ1n) is 8.51. The number of benzene rings is 2. The molecule has 3 aromatic rings. The standard InChI is InChI=1S/C22H25.2ClH.Zr/c1-4-7-16(3)18-10-12-19(13-11-18)21-9-6-8-20-14-17(5-2)15-22(20)21;;;/h6,8-16H,4-5,7H2,1-3H3;2*1H;/q-1;;;+3/p-2. The van der Waals surface area contributed by atoms with E-state index in [1.165, 1.54) is 45.9 Å². The van der Waals surface area contributed by atoms with Crippen molar-refractivity contribution in [2.45, 2.75) is 46.0 Å². The minimum atomic E-state index is 0. The first-order chi connectivity index (χ1) is 10.7. The van der Waals surface area contributed by atoms with Crippen LogP contribution in [-0.4, -0.2) is 0 Å². The Morgan fingerprint density at radius 2 is 1.64 bits per heavy atom. The molecule has 3 aromatic carbocycles. The first kappa shape index (κ1) is 24.5. The smallest absolute Gasteiger partial charge is 1.00 e. The van der Waals surface area contributed by atoms with Crippen molar-refractivity contribution in [3.63, 3.8) is 0 Å². The number of aryl methyl sites for hydroxylation is 1. The predicted octanol–water partition coefficient (Wildman–Crippen LogP) is 0.697. The van der Waals surface area contributed by atoms with Gasteiger partial charge in [0.1, 0.15) is 0 Å². The molecule has 0 fully saturated rings. The Labute approximate surface area is 183 Å². The Morgan fingerprint density at radius 1 is 0.960 bits per heavy atom. The minimum Gasteiger partial charge on any atom is -1.00 e. The molecule has 131 valence electrons. The molecule has 1 atom stereocenters. The summed E-state index contributed by atoms with van der Waals surface area (Å²) in [5.41, 5.74) is 5.56. The molecule has 0 heterocycles. The predicted molar refractivity (Wildman–Crippen MR) is 97.7 cm³/mol. The van der Waals surface area contributed by atoms with Gasteiger partial charge in [0.15, 0.2) is 0 Å². The van der Waals surface area contributed by atoms with Crippen LogP contribution in [0.1, 0.15) is 50.7 Å². The third-order valence-corrected chi connectivity index (χ3v) is 4.73. The van der Waals surface area contributed by atoms with Crippen LogP contribution in [0.15, 0.2) is 54.6 Å². The molecule has 1 unspecified atom stereocenters. The van der Waals surface area contributed by atoms with Crippen LogP contribution in [0.5, 0.6) is 0 Å². The number of hydrogen-bond acceptors (Lipinski definition) is 0. The molecule has 0 nitrogen and oxygen atoms in total. The monoisotopic (exact) mass is 449 g/mol. The Bertz CT molecular complexity index is 759. The zero-order chi connectivity index (χ0) is 15.5. The maximum absolute atomic E-state index is 2.35. The van der Waals surface area contributed by atoms with E-state index in [0.717, 1.165) is 6.42 Å². The summed E-state index contributed by atoms with van der Waals surface area (Å²) < 4.78 is 0.